The maximum absolute atomic E-state index is 8.80. The Hall–Kier alpha value is -0.810. The standard InChI is InChI=1S/C10H11Cl2N3O/c11-5-3-8-9(4-6(5)12)15-10(14-8)7(13)1-2-16/h3-4,7,16H,1-2,13H2,(H,14,15). The molecule has 1 aromatic heterocycles. The van der Waals surface area contributed by atoms with E-state index < -0.39 is 0 Å². The van der Waals surface area contributed by atoms with Crippen molar-refractivity contribution in [1.29, 1.82) is 0 Å². The number of nitrogens with one attached hydrogen (secondary N) is 1. The number of aliphatic hydroxyl groups is 1. The fourth-order valence-electron chi connectivity index (χ4n) is 1.48. The van der Waals surface area contributed by atoms with Gasteiger partial charge in [0.05, 0.1) is 27.1 Å². The van der Waals surface area contributed by atoms with Crippen molar-refractivity contribution in [3.63, 3.8) is 0 Å². The lowest BCUT2D eigenvalue weighted by molar-refractivity contribution is 0.275. The van der Waals surface area contributed by atoms with Gasteiger partial charge in [0.2, 0.25) is 0 Å². The molecule has 0 saturated carbocycles. The molecule has 0 saturated heterocycles. The maximum atomic E-state index is 8.80. The highest BCUT2D eigenvalue weighted by Gasteiger charge is 2.12. The summed E-state index contributed by atoms with van der Waals surface area (Å²) >= 11 is 11.8. The summed E-state index contributed by atoms with van der Waals surface area (Å²) < 4.78 is 0. The van der Waals surface area contributed by atoms with E-state index in [1.54, 1.807) is 12.1 Å². The van der Waals surface area contributed by atoms with Crippen LogP contribution in [0, 0.1) is 0 Å². The summed E-state index contributed by atoms with van der Waals surface area (Å²) in [7, 11) is 0. The Morgan fingerprint density at radius 3 is 2.75 bits per heavy atom. The molecule has 16 heavy (non-hydrogen) atoms. The van der Waals surface area contributed by atoms with Crippen LogP contribution < -0.4 is 5.73 Å². The molecule has 0 amide bonds. The molecule has 2 aromatic rings. The van der Waals surface area contributed by atoms with Crippen molar-refractivity contribution < 1.29 is 5.11 Å². The van der Waals surface area contributed by atoms with Crippen LogP contribution in [0.5, 0.6) is 0 Å². The van der Waals surface area contributed by atoms with Gasteiger partial charge in [-0.05, 0) is 18.6 Å². The summed E-state index contributed by atoms with van der Waals surface area (Å²) in [5.74, 6) is 0.627. The first-order chi connectivity index (χ1) is 7.61. The molecule has 0 bridgehead atoms. The summed E-state index contributed by atoms with van der Waals surface area (Å²) in [6.45, 7) is 0.0275. The molecule has 0 aliphatic rings. The minimum absolute atomic E-state index is 0.0275. The Bertz CT molecular complexity index is 473. The third kappa shape index (κ3) is 2.15. The van der Waals surface area contributed by atoms with Gasteiger partial charge in [0.1, 0.15) is 5.82 Å². The van der Waals surface area contributed by atoms with Crippen molar-refractivity contribution in [3.05, 3.63) is 28.0 Å². The van der Waals surface area contributed by atoms with Crippen molar-refractivity contribution in [1.82, 2.24) is 9.97 Å². The van der Waals surface area contributed by atoms with Gasteiger partial charge in [-0.3, -0.25) is 0 Å². The zero-order valence-electron chi connectivity index (χ0n) is 8.37. The maximum Gasteiger partial charge on any atom is 0.124 e. The van der Waals surface area contributed by atoms with Gasteiger partial charge in [-0.15, -0.1) is 0 Å². The Balaban J connectivity index is 2.43. The Labute approximate surface area is 102 Å². The number of nitrogens with two attached hydrogens (primary N) is 1. The molecule has 4 N–H and O–H groups in total. The molecular formula is C10H11Cl2N3O. The third-order valence-corrected chi connectivity index (χ3v) is 3.06. The highest BCUT2D eigenvalue weighted by molar-refractivity contribution is 6.42. The number of hydrogen-bond donors (Lipinski definition) is 3. The normalized spacial score (nSPS) is 13.2. The smallest absolute Gasteiger partial charge is 0.124 e. The number of hydrogen-bond acceptors (Lipinski definition) is 3. The van der Waals surface area contributed by atoms with Crippen LogP contribution in [0.3, 0.4) is 0 Å². The van der Waals surface area contributed by atoms with Crippen LogP contribution in [0.1, 0.15) is 18.3 Å². The Morgan fingerprint density at radius 2 is 2.06 bits per heavy atom. The van der Waals surface area contributed by atoms with E-state index in [0.29, 0.717) is 22.3 Å². The van der Waals surface area contributed by atoms with Gasteiger partial charge in [-0.1, -0.05) is 23.2 Å². The molecule has 1 unspecified atom stereocenters. The molecule has 0 fully saturated rings. The number of imidazole rings is 1. The molecule has 6 heteroatoms. The van der Waals surface area contributed by atoms with Crippen molar-refractivity contribution in [2.45, 2.75) is 12.5 Å². The van der Waals surface area contributed by atoms with Crippen LogP contribution in [0.4, 0.5) is 0 Å². The van der Waals surface area contributed by atoms with E-state index in [0.717, 1.165) is 11.0 Å². The number of H-pyrrole nitrogens is 1. The third-order valence-electron chi connectivity index (χ3n) is 2.33. The molecule has 1 aromatic carbocycles. The fraction of sp³-hybridized carbons (Fsp3) is 0.300. The first-order valence-corrected chi connectivity index (χ1v) is 5.58. The Morgan fingerprint density at radius 1 is 1.38 bits per heavy atom. The van der Waals surface area contributed by atoms with Crippen LogP contribution in [0.2, 0.25) is 10.0 Å². The number of nitrogens with zero attached hydrogens (tertiary/aromatic N) is 1. The zero-order valence-corrected chi connectivity index (χ0v) is 9.89. The summed E-state index contributed by atoms with van der Waals surface area (Å²) in [4.78, 5) is 7.36. The van der Waals surface area contributed by atoms with Crippen molar-refractivity contribution in [3.8, 4) is 0 Å². The highest BCUT2D eigenvalue weighted by Crippen LogP contribution is 2.27. The number of halogens is 2. The first-order valence-electron chi connectivity index (χ1n) is 4.83. The molecule has 86 valence electrons. The fourth-order valence-corrected chi connectivity index (χ4v) is 1.80. The monoisotopic (exact) mass is 259 g/mol. The van der Waals surface area contributed by atoms with Gasteiger partial charge in [0.15, 0.2) is 0 Å². The lowest BCUT2D eigenvalue weighted by Crippen LogP contribution is -2.13. The highest BCUT2D eigenvalue weighted by atomic mass is 35.5. The van der Waals surface area contributed by atoms with Gasteiger partial charge in [-0.2, -0.15) is 0 Å². The lowest BCUT2D eigenvalue weighted by atomic mass is 10.2. The van der Waals surface area contributed by atoms with E-state index >= 15 is 0 Å². The molecule has 1 atom stereocenters. The second-order valence-corrected chi connectivity index (χ2v) is 4.34. The van der Waals surface area contributed by atoms with E-state index in [-0.39, 0.29) is 12.6 Å². The van der Waals surface area contributed by atoms with Crippen molar-refractivity contribution in [2.75, 3.05) is 6.61 Å². The van der Waals surface area contributed by atoms with Gasteiger partial charge in [0, 0.05) is 6.61 Å². The first kappa shape index (κ1) is 11.7. The predicted octanol–water partition coefficient (Wildman–Crippen LogP) is 2.25. The molecule has 1 heterocycles. The van der Waals surface area contributed by atoms with Crippen molar-refractivity contribution in [2.24, 2.45) is 5.73 Å². The molecule has 0 spiro atoms. The topological polar surface area (TPSA) is 74.9 Å². The van der Waals surface area contributed by atoms with E-state index in [2.05, 4.69) is 9.97 Å². The molecule has 0 aliphatic heterocycles. The van der Waals surface area contributed by atoms with E-state index in [1.165, 1.54) is 0 Å². The van der Waals surface area contributed by atoms with Crippen LogP contribution in [0.15, 0.2) is 12.1 Å². The van der Waals surface area contributed by atoms with Gasteiger partial charge in [0.25, 0.3) is 0 Å². The van der Waals surface area contributed by atoms with Gasteiger partial charge in [-0.25, -0.2) is 4.98 Å². The molecular weight excluding hydrogens is 249 g/mol. The molecule has 2 rings (SSSR count). The van der Waals surface area contributed by atoms with Crippen LogP contribution in [-0.4, -0.2) is 21.7 Å². The van der Waals surface area contributed by atoms with Crippen LogP contribution >= 0.6 is 23.2 Å². The zero-order chi connectivity index (χ0) is 11.7. The number of fused-ring (bicyclic) bond motifs is 1. The average molecular weight is 260 g/mol. The summed E-state index contributed by atoms with van der Waals surface area (Å²) in [6.07, 6.45) is 0.460. The van der Waals surface area contributed by atoms with Gasteiger partial charge < -0.3 is 15.8 Å². The van der Waals surface area contributed by atoms with Crippen molar-refractivity contribution >= 4 is 34.2 Å². The second-order valence-electron chi connectivity index (χ2n) is 3.52. The quantitative estimate of drug-likeness (QED) is 0.792. The number of benzene rings is 1. The number of aromatic amines is 1. The second kappa shape index (κ2) is 4.59. The summed E-state index contributed by atoms with van der Waals surface area (Å²) in [6, 6.07) is 3.08. The van der Waals surface area contributed by atoms with E-state index in [4.69, 9.17) is 34.0 Å². The number of aliphatic hydroxyl groups excluding tert-OH is 1. The minimum atomic E-state index is -0.310. The molecule has 4 nitrogen and oxygen atoms in total. The van der Waals surface area contributed by atoms with Crippen LogP contribution in [-0.2, 0) is 0 Å². The number of aromatic nitrogens is 2. The Kier molecular flexibility index (Phi) is 3.35. The average Bonchev–Trinajstić information content (AvgIpc) is 2.62. The largest absolute Gasteiger partial charge is 0.396 e. The number of rotatable bonds is 3. The SMILES string of the molecule is NC(CCO)c1nc2cc(Cl)c(Cl)cc2[nH]1. The summed E-state index contributed by atoms with van der Waals surface area (Å²) in [5, 5.41) is 9.73. The van der Waals surface area contributed by atoms with Crippen LogP contribution in [0.25, 0.3) is 11.0 Å². The molecule has 0 radical (unpaired) electrons. The minimum Gasteiger partial charge on any atom is -0.396 e. The van der Waals surface area contributed by atoms with E-state index in [1.807, 2.05) is 0 Å². The molecule has 0 aliphatic carbocycles. The van der Waals surface area contributed by atoms with Gasteiger partial charge >= 0.3 is 0 Å². The predicted molar refractivity (Wildman–Crippen MR) is 64.7 cm³/mol. The lowest BCUT2D eigenvalue weighted by Gasteiger charge is -2.04. The van der Waals surface area contributed by atoms with E-state index in [9.17, 15) is 0 Å². The summed E-state index contributed by atoms with van der Waals surface area (Å²) in [5.41, 5.74) is 7.34.